The first-order valence-corrected chi connectivity index (χ1v) is 8.05. The first-order valence-electron chi connectivity index (χ1n) is 8.05. The van der Waals surface area contributed by atoms with Crippen LogP contribution in [0.25, 0.3) is 0 Å². The predicted molar refractivity (Wildman–Crippen MR) is 86.6 cm³/mol. The fourth-order valence-corrected chi connectivity index (χ4v) is 3.05. The summed E-state index contributed by atoms with van der Waals surface area (Å²) in [6.45, 7) is 6.54. The number of nitrogens with one attached hydrogen (secondary N) is 1. The smallest absolute Gasteiger partial charge is 0.160 e. The van der Waals surface area contributed by atoms with E-state index in [-0.39, 0.29) is 11.5 Å². The second kappa shape index (κ2) is 6.73. The van der Waals surface area contributed by atoms with Gasteiger partial charge >= 0.3 is 0 Å². The average molecular weight is 291 g/mol. The lowest BCUT2D eigenvalue weighted by atomic mass is 9.84. The summed E-state index contributed by atoms with van der Waals surface area (Å²) in [4.78, 5) is 9.49. The second-order valence-corrected chi connectivity index (χ2v) is 7.05. The van der Waals surface area contributed by atoms with Crippen molar-refractivity contribution in [1.82, 2.24) is 9.97 Å². The number of methoxy groups -OCH3 is 1. The van der Waals surface area contributed by atoms with Crippen LogP contribution in [0.4, 0.5) is 5.82 Å². The Labute approximate surface area is 128 Å². The van der Waals surface area contributed by atoms with Crippen LogP contribution in [0.3, 0.4) is 0 Å². The van der Waals surface area contributed by atoms with Crippen molar-refractivity contribution in [3.05, 3.63) is 17.6 Å². The van der Waals surface area contributed by atoms with Crippen LogP contribution in [-0.2, 0) is 10.2 Å². The maximum atomic E-state index is 5.79. The third-order valence-corrected chi connectivity index (χ3v) is 4.35. The molecule has 0 aromatic carbocycles. The first-order chi connectivity index (χ1) is 9.95. The lowest BCUT2D eigenvalue weighted by Gasteiger charge is -2.29. The van der Waals surface area contributed by atoms with Crippen molar-refractivity contribution < 1.29 is 4.74 Å². The molecule has 1 aromatic rings. The van der Waals surface area contributed by atoms with Gasteiger partial charge in [0.15, 0.2) is 5.82 Å². The minimum atomic E-state index is 0.00808. The minimum Gasteiger partial charge on any atom is -0.373 e. The lowest BCUT2D eigenvalue weighted by Crippen LogP contribution is -2.23. The molecule has 4 heteroatoms. The molecule has 1 N–H and O–H groups in total. The Bertz CT molecular complexity index is 462. The number of rotatable bonds is 4. The van der Waals surface area contributed by atoms with E-state index in [4.69, 9.17) is 9.72 Å². The van der Waals surface area contributed by atoms with Crippen molar-refractivity contribution in [3.63, 3.8) is 0 Å². The average Bonchev–Trinajstić information content (AvgIpc) is 2.48. The third kappa shape index (κ3) is 3.94. The van der Waals surface area contributed by atoms with E-state index in [1.54, 1.807) is 7.11 Å². The fraction of sp³-hybridized carbons (Fsp3) is 0.765. The molecule has 118 valence electrons. The van der Waals surface area contributed by atoms with E-state index in [9.17, 15) is 0 Å². The summed E-state index contributed by atoms with van der Waals surface area (Å²) in [7, 11) is 3.69. The van der Waals surface area contributed by atoms with Crippen LogP contribution in [0, 0.1) is 5.92 Å². The van der Waals surface area contributed by atoms with Gasteiger partial charge in [0.05, 0.1) is 5.69 Å². The molecule has 0 bridgehead atoms. The molecule has 0 radical (unpaired) electrons. The van der Waals surface area contributed by atoms with Gasteiger partial charge in [-0.05, 0) is 18.8 Å². The Morgan fingerprint density at radius 1 is 1.19 bits per heavy atom. The Hall–Kier alpha value is -1.16. The minimum absolute atomic E-state index is 0.00808. The highest BCUT2D eigenvalue weighted by atomic mass is 16.5. The summed E-state index contributed by atoms with van der Waals surface area (Å²) >= 11 is 0. The summed E-state index contributed by atoms with van der Waals surface area (Å²) in [6.07, 6.45) is 6.38. The normalized spacial score (nSPS) is 18.5. The van der Waals surface area contributed by atoms with Crippen molar-refractivity contribution >= 4 is 5.82 Å². The molecule has 1 saturated carbocycles. The highest BCUT2D eigenvalue weighted by Gasteiger charge is 2.29. The van der Waals surface area contributed by atoms with Crippen molar-refractivity contribution in [2.75, 3.05) is 19.5 Å². The van der Waals surface area contributed by atoms with Crippen LogP contribution in [0.15, 0.2) is 6.07 Å². The van der Waals surface area contributed by atoms with Crippen LogP contribution in [-0.4, -0.2) is 24.1 Å². The standard InChI is InChI=1S/C17H29N3O/c1-17(2,3)13-11-14(18-4)20-16(19-13)15(21-5)12-9-7-6-8-10-12/h11-12,15H,6-10H2,1-5H3,(H,18,19,20). The highest BCUT2D eigenvalue weighted by Crippen LogP contribution is 2.36. The fourth-order valence-electron chi connectivity index (χ4n) is 3.05. The molecule has 1 heterocycles. The molecule has 21 heavy (non-hydrogen) atoms. The molecule has 1 unspecified atom stereocenters. The topological polar surface area (TPSA) is 47.0 Å². The zero-order valence-corrected chi connectivity index (χ0v) is 14.1. The highest BCUT2D eigenvalue weighted by molar-refractivity contribution is 5.37. The first kappa shape index (κ1) is 16.2. The number of anilines is 1. The third-order valence-electron chi connectivity index (χ3n) is 4.35. The van der Waals surface area contributed by atoms with Crippen molar-refractivity contribution in [2.24, 2.45) is 5.92 Å². The maximum Gasteiger partial charge on any atom is 0.160 e. The summed E-state index contributed by atoms with van der Waals surface area (Å²) in [5.74, 6) is 2.26. The van der Waals surface area contributed by atoms with E-state index in [1.807, 2.05) is 13.1 Å². The Kier molecular flexibility index (Phi) is 5.20. The van der Waals surface area contributed by atoms with E-state index in [0.717, 1.165) is 17.3 Å². The quantitative estimate of drug-likeness (QED) is 0.908. The van der Waals surface area contributed by atoms with Gasteiger partial charge in [0.25, 0.3) is 0 Å². The Morgan fingerprint density at radius 2 is 1.86 bits per heavy atom. The molecule has 0 spiro atoms. The number of aromatic nitrogens is 2. The summed E-state index contributed by atoms with van der Waals surface area (Å²) in [5.41, 5.74) is 1.07. The van der Waals surface area contributed by atoms with E-state index in [2.05, 4.69) is 31.1 Å². The van der Waals surface area contributed by atoms with E-state index in [0.29, 0.717) is 5.92 Å². The molecule has 1 aliphatic rings. The van der Waals surface area contributed by atoms with E-state index >= 15 is 0 Å². The van der Waals surface area contributed by atoms with Crippen LogP contribution in [0.2, 0.25) is 0 Å². The molecule has 1 aromatic heterocycles. The molecular formula is C17H29N3O. The van der Waals surface area contributed by atoms with Crippen LogP contribution < -0.4 is 5.32 Å². The summed E-state index contributed by atoms with van der Waals surface area (Å²) in [6, 6.07) is 2.04. The molecule has 0 aliphatic heterocycles. The lowest BCUT2D eigenvalue weighted by molar-refractivity contribution is 0.0287. The SMILES string of the molecule is CNc1cc(C(C)(C)C)nc(C(OC)C2CCCCC2)n1. The summed E-state index contributed by atoms with van der Waals surface area (Å²) in [5, 5.41) is 3.16. The monoisotopic (exact) mass is 291 g/mol. The number of hydrogen-bond donors (Lipinski definition) is 1. The van der Waals surface area contributed by atoms with Crippen LogP contribution in [0.1, 0.15) is 70.5 Å². The molecule has 1 aliphatic carbocycles. The van der Waals surface area contributed by atoms with Gasteiger partial charge in [0.1, 0.15) is 11.9 Å². The van der Waals surface area contributed by atoms with Gasteiger partial charge in [-0.1, -0.05) is 40.0 Å². The molecule has 1 atom stereocenters. The van der Waals surface area contributed by atoms with Gasteiger partial charge in [-0.15, -0.1) is 0 Å². The van der Waals surface area contributed by atoms with Crippen molar-refractivity contribution in [3.8, 4) is 0 Å². The van der Waals surface area contributed by atoms with Gasteiger partial charge < -0.3 is 10.1 Å². The van der Waals surface area contributed by atoms with Gasteiger partial charge in [-0.25, -0.2) is 9.97 Å². The van der Waals surface area contributed by atoms with Crippen molar-refractivity contribution in [2.45, 2.75) is 64.4 Å². The van der Waals surface area contributed by atoms with E-state index in [1.165, 1.54) is 32.1 Å². The number of hydrogen-bond acceptors (Lipinski definition) is 4. The number of ether oxygens (including phenoxy) is 1. The summed E-state index contributed by atoms with van der Waals surface area (Å²) < 4.78 is 5.79. The zero-order chi connectivity index (χ0) is 15.5. The second-order valence-electron chi connectivity index (χ2n) is 7.05. The van der Waals surface area contributed by atoms with Gasteiger partial charge in [-0.2, -0.15) is 0 Å². The van der Waals surface area contributed by atoms with Gasteiger partial charge in [0, 0.05) is 25.6 Å². The van der Waals surface area contributed by atoms with Crippen LogP contribution >= 0.6 is 0 Å². The molecular weight excluding hydrogens is 262 g/mol. The molecule has 1 fully saturated rings. The Morgan fingerprint density at radius 3 is 2.38 bits per heavy atom. The maximum absolute atomic E-state index is 5.79. The predicted octanol–water partition coefficient (Wildman–Crippen LogP) is 4.08. The molecule has 0 saturated heterocycles. The Balaban J connectivity index is 2.35. The van der Waals surface area contributed by atoms with Gasteiger partial charge in [0.2, 0.25) is 0 Å². The van der Waals surface area contributed by atoms with Crippen LogP contribution in [0.5, 0.6) is 0 Å². The largest absolute Gasteiger partial charge is 0.373 e. The zero-order valence-electron chi connectivity index (χ0n) is 14.1. The molecule has 2 rings (SSSR count). The number of nitrogens with zero attached hydrogens (tertiary/aromatic N) is 2. The van der Waals surface area contributed by atoms with E-state index < -0.39 is 0 Å². The molecule has 4 nitrogen and oxygen atoms in total. The molecule has 0 amide bonds. The van der Waals surface area contributed by atoms with Gasteiger partial charge in [-0.3, -0.25) is 0 Å². The van der Waals surface area contributed by atoms with Crippen molar-refractivity contribution in [1.29, 1.82) is 0 Å².